The summed E-state index contributed by atoms with van der Waals surface area (Å²) in [6.07, 6.45) is 8.36. The molecule has 0 aliphatic rings. The molecular formula is C22H46O7. The molecule has 0 amide bonds. The molecule has 176 valence electrons. The minimum Gasteiger partial charge on any atom is -0.481 e. The highest BCUT2D eigenvalue weighted by Gasteiger charge is 2.32. The molecule has 6 N–H and O–H groups in total. The molecule has 0 bridgehead atoms. The molecule has 0 heterocycles. The van der Waals surface area contributed by atoms with Crippen molar-refractivity contribution >= 4 is 5.97 Å². The first-order chi connectivity index (χ1) is 13.7. The molecule has 7 nitrogen and oxygen atoms in total. The van der Waals surface area contributed by atoms with Crippen LogP contribution in [0.2, 0.25) is 0 Å². The Labute approximate surface area is 176 Å². The van der Waals surface area contributed by atoms with E-state index in [1.54, 1.807) is 0 Å². The Morgan fingerprint density at radius 1 is 0.862 bits per heavy atom. The van der Waals surface area contributed by atoms with E-state index < -0.39 is 29.7 Å². The van der Waals surface area contributed by atoms with Gasteiger partial charge in [0.15, 0.2) is 0 Å². The van der Waals surface area contributed by atoms with Gasteiger partial charge >= 0.3 is 5.97 Å². The number of carboxylic acids is 1. The molecule has 0 aliphatic carbocycles. The first-order valence-electron chi connectivity index (χ1n) is 11.2. The molecule has 0 spiro atoms. The Morgan fingerprint density at radius 3 is 1.83 bits per heavy atom. The van der Waals surface area contributed by atoms with Crippen LogP contribution in [0.3, 0.4) is 0 Å². The monoisotopic (exact) mass is 422 g/mol. The second-order valence-electron chi connectivity index (χ2n) is 7.92. The summed E-state index contributed by atoms with van der Waals surface area (Å²) in [5, 5.41) is 54.9. The van der Waals surface area contributed by atoms with Crippen LogP contribution >= 0.6 is 0 Å². The molecule has 0 fully saturated rings. The molecule has 29 heavy (non-hydrogen) atoms. The predicted octanol–water partition coefficient (Wildman–Crippen LogP) is 2.85. The lowest BCUT2D eigenvalue weighted by molar-refractivity contribution is -0.143. The predicted molar refractivity (Wildman–Crippen MR) is 115 cm³/mol. The number of rotatable bonds is 17. The zero-order chi connectivity index (χ0) is 22.7. The van der Waals surface area contributed by atoms with Crippen molar-refractivity contribution in [3.05, 3.63) is 0 Å². The van der Waals surface area contributed by atoms with E-state index in [-0.39, 0.29) is 19.6 Å². The highest BCUT2D eigenvalue weighted by molar-refractivity contribution is 5.69. The zero-order valence-electron chi connectivity index (χ0n) is 18.7. The van der Waals surface area contributed by atoms with Crippen LogP contribution in [0.15, 0.2) is 0 Å². The van der Waals surface area contributed by atoms with E-state index in [9.17, 15) is 15.0 Å². The van der Waals surface area contributed by atoms with Gasteiger partial charge in [-0.3, -0.25) is 4.79 Å². The number of aliphatic hydroxyl groups excluding tert-OH is 4. The Morgan fingerprint density at radius 2 is 1.41 bits per heavy atom. The van der Waals surface area contributed by atoms with Crippen molar-refractivity contribution in [2.24, 2.45) is 5.92 Å². The van der Waals surface area contributed by atoms with Gasteiger partial charge in [-0.25, -0.2) is 0 Å². The normalized spacial score (nSPS) is 16.3. The number of carbonyl (C=O) groups is 1. The summed E-state index contributed by atoms with van der Waals surface area (Å²) in [6, 6.07) is 0. The smallest absolute Gasteiger partial charge is 0.306 e. The number of carboxylic acid groups (broad SMARTS) is 1. The standard InChI is InChI=1S/C11H22O4.C11H24O3/c1-2-3-4-5-6-9(11(14)15)7-10(13)8-12;1-3-5-6-7-8-11(14,4-2)10(13)9-12/h9-10,12-13H,2-8H2,1H3,(H,14,15);10,12-14H,3-9H2,1-2H3. The minimum atomic E-state index is -1.09. The van der Waals surface area contributed by atoms with Crippen molar-refractivity contribution < 1.29 is 35.4 Å². The minimum absolute atomic E-state index is 0.151. The lowest BCUT2D eigenvalue weighted by Crippen LogP contribution is -2.43. The van der Waals surface area contributed by atoms with Gasteiger partial charge in [-0.15, -0.1) is 0 Å². The number of unbranched alkanes of at least 4 members (excludes halogenated alkanes) is 6. The molecule has 0 aromatic rings. The Balaban J connectivity index is 0. The van der Waals surface area contributed by atoms with Crippen LogP contribution in [0.5, 0.6) is 0 Å². The van der Waals surface area contributed by atoms with Gasteiger partial charge in [0.1, 0.15) is 6.10 Å². The lowest BCUT2D eigenvalue weighted by atomic mass is 9.88. The molecule has 0 saturated carbocycles. The van der Waals surface area contributed by atoms with Gasteiger partial charge in [-0.2, -0.15) is 0 Å². The number of hydrogen-bond acceptors (Lipinski definition) is 6. The van der Waals surface area contributed by atoms with Crippen LogP contribution in [0.4, 0.5) is 0 Å². The van der Waals surface area contributed by atoms with Crippen LogP contribution in [0.25, 0.3) is 0 Å². The van der Waals surface area contributed by atoms with E-state index in [1.807, 2.05) is 6.92 Å². The highest BCUT2D eigenvalue weighted by atomic mass is 16.4. The van der Waals surface area contributed by atoms with Gasteiger partial charge in [0.25, 0.3) is 0 Å². The van der Waals surface area contributed by atoms with Gasteiger partial charge in [0, 0.05) is 0 Å². The van der Waals surface area contributed by atoms with Gasteiger partial charge in [0.05, 0.1) is 30.8 Å². The van der Waals surface area contributed by atoms with E-state index in [0.29, 0.717) is 19.3 Å². The third-order valence-corrected chi connectivity index (χ3v) is 5.39. The maximum absolute atomic E-state index is 10.8. The summed E-state index contributed by atoms with van der Waals surface area (Å²) in [5.74, 6) is -1.40. The number of aliphatic hydroxyl groups is 5. The summed E-state index contributed by atoms with van der Waals surface area (Å²) < 4.78 is 0. The van der Waals surface area contributed by atoms with E-state index in [2.05, 4.69) is 13.8 Å². The maximum atomic E-state index is 10.8. The third kappa shape index (κ3) is 15.7. The first kappa shape index (κ1) is 30.5. The van der Waals surface area contributed by atoms with Crippen LogP contribution in [-0.2, 0) is 4.79 Å². The van der Waals surface area contributed by atoms with Gasteiger partial charge in [-0.1, -0.05) is 72.1 Å². The van der Waals surface area contributed by atoms with Crippen molar-refractivity contribution in [3.8, 4) is 0 Å². The fourth-order valence-electron chi connectivity index (χ4n) is 3.17. The summed E-state index contributed by atoms with van der Waals surface area (Å²) in [7, 11) is 0. The second-order valence-corrected chi connectivity index (χ2v) is 7.92. The van der Waals surface area contributed by atoms with Crippen molar-refractivity contribution in [1.82, 2.24) is 0 Å². The molecule has 0 radical (unpaired) electrons. The summed E-state index contributed by atoms with van der Waals surface area (Å²) in [6.45, 7) is 5.34. The summed E-state index contributed by atoms with van der Waals surface area (Å²) >= 11 is 0. The molecule has 4 atom stereocenters. The fraction of sp³-hybridized carbons (Fsp3) is 0.955. The quantitative estimate of drug-likeness (QED) is 0.198. The molecule has 4 unspecified atom stereocenters. The average Bonchev–Trinajstić information content (AvgIpc) is 2.72. The zero-order valence-corrected chi connectivity index (χ0v) is 18.7. The number of aliphatic carboxylic acids is 1. The second kappa shape index (κ2) is 19.2. The van der Waals surface area contributed by atoms with Gasteiger partial charge in [-0.05, 0) is 25.7 Å². The molecule has 0 saturated heterocycles. The highest BCUT2D eigenvalue weighted by Crippen LogP contribution is 2.23. The Bertz CT molecular complexity index is 378. The summed E-state index contributed by atoms with van der Waals surface area (Å²) in [5.41, 5.74) is -1.09. The lowest BCUT2D eigenvalue weighted by Gasteiger charge is -2.31. The Kier molecular flexibility index (Phi) is 20.2. The third-order valence-electron chi connectivity index (χ3n) is 5.39. The molecule has 7 heteroatoms. The van der Waals surface area contributed by atoms with Crippen molar-refractivity contribution in [3.63, 3.8) is 0 Å². The number of hydrogen-bond donors (Lipinski definition) is 6. The molecule has 0 aromatic heterocycles. The van der Waals surface area contributed by atoms with Crippen LogP contribution in [0, 0.1) is 5.92 Å². The largest absolute Gasteiger partial charge is 0.481 e. The first-order valence-corrected chi connectivity index (χ1v) is 11.2. The SMILES string of the molecule is CCCCCCC(CC(O)CO)C(=O)O.CCCCCCC(O)(CC)C(O)CO. The topological polar surface area (TPSA) is 138 Å². The molecule has 0 aliphatic heterocycles. The molecule has 0 rings (SSSR count). The summed E-state index contributed by atoms with van der Waals surface area (Å²) in [4.78, 5) is 10.8. The van der Waals surface area contributed by atoms with E-state index in [4.69, 9.17) is 20.4 Å². The fourth-order valence-corrected chi connectivity index (χ4v) is 3.17. The van der Waals surface area contributed by atoms with Crippen LogP contribution < -0.4 is 0 Å². The average molecular weight is 423 g/mol. The Hall–Kier alpha value is -0.730. The van der Waals surface area contributed by atoms with E-state index in [0.717, 1.165) is 51.4 Å². The maximum Gasteiger partial charge on any atom is 0.306 e. The van der Waals surface area contributed by atoms with Gasteiger partial charge in [0.2, 0.25) is 0 Å². The van der Waals surface area contributed by atoms with Crippen molar-refractivity contribution in [2.45, 2.75) is 116 Å². The van der Waals surface area contributed by atoms with Crippen LogP contribution in [0.1, 0.15) is 97.8 Å². The molecule has 0 aromatic carbocycles. The van der Waals surface area contributed by atoms with Crippen LogP contribution in [-0.4, -0.2) is 67.6 Å². The van der Waals surface area contributed by atoms with E-state index in [1.165, 1.54) is 0 Å². The molecular weight excluding hydrogens is 376 g/mol. The van der Waals surface area contributed by atoms with E-state index >= 15 is 0 Å². The van der Waals surface area contributed by atoms with Crippen molar-refractivity contribution in [2.75, 3.05) is 13.2 Å². The van der Waals surface area contributed by atoms with Gasteiger partial charge < -0.3 is 30.6 Å². The van der Waals surface area contributed by atoms with Crippen molar-refractivity contribution in [1.29, 1.82) is 0 Å².